The predicted molar refractivity (Wildman–Crippen MR) is 108 cm³/mol. The minimum absolute atomic E-state index is 0.109. The highest BCUT2D eigenvalue weighted by Gasteiger charge is 2.55. The summed E-state index contributed by atoms with van der Waals surface area (Å²) in [6, 6.07) is 2.07. The molecule has 1 aromatic rings. The fourth-order valence-corrected chi connectivity index (χ4v) is 5.01. The summed E-state index contributed by atoms with van der Waals surface area (Å²) in [5, 5.41) is 0. The number of ether oxygens (including phenoxy) is 1. The van der Waals surface area contributed by atoms with Gasteiger partial charge in [-0.3, -0.25) is 4.79 Å². The van der Waals surface area contributed by atoms with Gasteiger partial charge in [0.1, 0.15) is 0 Å². The molecule has 0 aromatic carbocycles. The summed E-state index contributed by atoms with van der Waals surface area (Å²) < 4.78 is 5.44. The number of carbonyl (C=O) groups excluding carboxylic acids is 1. The van der Waals surface area contributed by atoms with Crippen LogP contribution < -0.4 is 4.90 Å². The third-order valence-corrected chi connectivity index (χ3v) is 6.72. The normalized spacial score (nSPS) is 24.8. The first-order valence-corrected chi connectivity index (χ1v) is 10.4. The Bertz CT molecular complexity index is 725. The van der Waals surface area contributed by atoms with E-state index < -0.39 is 5.60 Å². The molecule has 3 aliphatic rings. The minimum atomic E-state index is -0.414. The Labute approximate surface area is 168 Å². The van der Waals surface area contributed by atoms with Gasteiger partial charge in [-0.1, -0.05) is 0 Å². The lowest BCUT2D eigenvalue weighted by Crippen LogP contribution is -2.62. The van der Waals surface area contributed by atoms with E-state index in [9.17, 15) is 4.79 Å². The lowest BCUT2D eigenvalue weighted by atomic mass is 9.70. The van der Waals surface area contributed by atoms with E-state index in [1.54, 1.807) is 7.11 Å². The zero-order valence-electron chi connectivity index (χ0n) is 17.6. The summed E-state index contributed by atoms with van der Waals surface area (Å²) in [4.78, 5) is 28.8. The van der Waals surface area contributed by atoms with Crippen LogP contribution in [0.1, 0.15) is 44.7 Å². The first kappa shape index (κ1) is 19.6. The topological polar surface area (TPSA) is 61.8 Å². The van der Waals surface area contributed by atoms with Gasteiger partial charge in [-0.2, -0.15) is 0 Å². The Morgan fingerprint density at radius 2 is 2.00 bits per heavy atom. The van der Waals surface area contributed by atoms with Crippen molar-refractivity contribution in [1.82, 2.24) is 19.8 Å². The number of methoxy groups -OCH3 is 1. The zero-order chi connectivity index (χ0) is 19.9. The molecule has 1 spiro atoms. The van der Waals surface area contributed by atoms with Crippen molar-refractivity contribution in [3.05, 3.63) is 18.0 Å². The molecule has 1 aromatic heterocycles. The maximum atomic E-state index is 12.7. The standard InChI is InChI=1S/C21H33N5O2/c1-20(2,28-4)11-18(27)26-14-21(15-26)13-24(3)12-16(21)17-7-8-22-19(23-17)25-9-5-6-10-25/h7-8,16H,5-6,9-15H2,1-4H3. The Hall–Kier alpha value is -1.73. The van der Waals surface area contributed by atoms with Gasteiger partial charge in [0, 0.05) is 63.9 Å². The Balaban J connectivity index is 1.48. The van der Waals surface area contributed by atoms with Crippen molar-refractivity contribution < 1.29 is 9.53 Å². The van der Waals surface area contributed by atoms with Crippen molar-refractivity contribution in [1.29, 1.82) is 0 Å². The fraction of sp³-hybridized carbons (Fsp3) is 0.762. The van der Waals surface area contributed by atoms with Gasteiger partial charge in [0.2, 0.25) is 11.9 Å². The van der Waals surface area contributed by atoms with Gasteiger partial charge in [-0.05, 0) is 39.8 Å². The number of carbonyl (C=O) groups is 1. The molecular weight excluding hydrogens is 354 g/mol. The fourth-order valence-electron chi connectivity index (χ4n) is 5.01. The number of anilines is 1. The van der Waals surface area contributed by atoms with Crippen LogP contribution in [0.3, 0.4) is 0 Å². The summed E-state index contributed by atoms with van der Waals surface area (Å²) >= 11 is 0. The highest BCUT2D eigenvalue weighted by Crippen LogP contribution is 2.48. The average Bonchev–Trinajstić information content (AvgIpc) is 3.28. The lowest BCUT2D eigenvalue weighted by molar-refractivity contribution is -0.148. The van der Waals surface area contributed by atoms with Crippen LogP contribution in [0.4, 0.5) is 5.95 Å². The van der Waals surface area contributed by atoms with Gasteiger partial charge in [0.25, 0.3) is 0 Å². The van der Waals surface area contributed by atoms with Gasteiger partial charge in [-0.25, -0.2) is 9.97 Å². The van der Waals surface area contributed by atoms with E-state index in [0.29, 0.717) is 12.3 Å². The van der Waals surface area contributed by atoms with E-state index in [-0.39, 0.29) is 11.3 Å². The number of rotatable bonds is 5. The van der Waals surface area contributed by atoms with Crippen LogP contribution in [-0.4, -0.2) is 84.7 Å². The minimum Gasteiger partial charge on any atom is -0.378 e. The van der Waals surface area contributed by atoms with Crippen LogP contribution in [0.15, 0.2) is 12.3 Å². The summed E-state index contributed by atoms with van der Waals surface area (Å²) in [7, 11) is 3.84. The second-order valence-electron chi connectivity index (χ2n) is 9.48. The van der Waals surface area contributed by atoms with E-state index in [0.717, 1.165) is 50.9 Å². The van der Waals surface area contributed by atoms with E-state index >= 15 is 0 Å². The van der Waals surface area contributed by atoms with E-state index in [1.165, 1.54) is 12.8 Å². The van der Waals surface area contributed by atoms with Crippen molar-refractivity contribution in [2.45, 2.75) is 44.6 Å². The maximum Gasteiger partial charge on any atom is 0.225 e. The maximum absolute atomic E-state index is 12.7. The molecule has 0 bridgehead atoms. The van der Waals surface area contributed by atoms with Gasteiger partial charge in [0.05, 0.1) is 17.7 Å². The molecule has 1 amide bonds. The molecule has 3 saturated heterocycles. The molecule has 0 N–H and O–H groups in total. The third-order valence-electron chi connectivity index (χ3n) is 6.72. The first-order chi connectivity index (χ1) is 13.3. The van der Waals surface area contributed by atoms with Crippen molar-refractivity contribution >= 4 is 11.9 Å². The van der Waals surface area contributed by atoms with Crippen molar-refractivity contribution in [3.8, 4) is 0 Å². The molecular formula is C21H33N5O2. The zero-order valence-corrected chi connectivity index (χ0v) is 17.6. The predicted octanol–water partition coefficient (Wildman–Crippen LogP) is 1.75. The molecule has 3 fully saturated rings. The monoisotopic (exact) mass is 387 g/mol. The number of nitrogens with zero attached hydrogens (tertiary/aromatic N) is 5. The van der Waals surface area contributed by atoms with Crippen molar-refractivity contribution in [2.75, 3.05) is 58.3 Å². The van der Waals surface area contributed by atoms with E-state index in [2.05, 4.69) is 27.9 Å². The summed E-state index contributed by atoms with van der Waals surface area (Å²) in [6.45, 7) is 9.65. The van der Waals surface area contributed by atoms with Crippen LogP contribution in [0.25, 0.3) is 0 Å². The smallest absolute Gasteiger partial charge is 0.225 e. The largest absolute Gasteiger partial charge is 0.378 e. The molecule has 154 valence electrons. The lowest BCUT2D eigenvalue weighted by Gasteiger charge is -2.51. The number of likely N-dealkylation sites (tertiary alicyclic amines) is 2. The SMILES string of the molecule is COC(C)(C)CC(=O)N1CC2(CN(C)CC2c2ccnc(N3CCCC3)n2)C1. The molecule has 3 aliphatic heterocycles. The molecule has 28 heavy (non-hydrogen) atoms. The van der Waals surface area contributed by atoms with Crippen LogP contribution in [0.2, 0.25) is 0 Å². The Kier molecular flexibility index (Phi) is 5.08. The number of hydrogen-bond acceptors (Lipinski definition) is 6. The van der Waals surface area contributed by atoms with Crippen LogP contribution in [-0.2, 0) is 9.53 Å². The van der Waals surface area contributed by atoms with Crippen molar-refractivity contribution in [3.63, 3.8) is 0 Å². The molecule has 7 heteroatoms. The van der Waals surface area contributed by atoms with E-state index in [1.807, 2.05) is 24.9 Å². The molecule has 0 radical (unpaired) electrons. The Morgan fingerprint density at radius 1 is 1.29 bits per heavy atom. The third kappa shape index (κ3) is 3.62. The molecule has 0 saturated carbocycles. The van der Waals surface area contributed by atoms with Crippen molar-refractivity contribution in [2.24, 2.45) is 5.41 Å². The second-order valence-corrected chi connectivity index (χ2v) is 9.48. The molecule has 4 heterocycles. The van der Waals surface area contributed by atoms with E-state index in [4.69, 9.17) is 9.72 Å². The average molecular weight is 388 g/mol. The van der Waals surface area contributed by atoms with Crippen LogP contribution in [0, 0.1) is 5.41 Å². The van der Waals surface area contributed by atoms with Gasteiger partial charge < -0.3 is 19.4 Å². The first-order valence-electron chi connectivity index (χ1n) is 10.4. The Morgan fingerprint density at radius 3 is 2.68 bits per heavy atom. The number of aromatic nitrogens is 2. The summed E-state index contributed by atoms with van der Waals surface area (Å²) in [5.74, 6) is 1.40. The molecule has 1 unspecified atom stereocenters. The number of hydrogen-bond donors (Lipinski definition) is 0. The number of likely N-dealkylation sites (N-methyl/N-ethyl adjacent to an activating group) is 1. The molecule has 1 atom stereocenters. The molecule has 0 aliphatic carbocycles. The highest BCUT2D eigenvalue weighted by atomic mass is 16.5. The van der Waals surface area contributed by atoms with Gasteiger partial charge in [-0.15, -0.1) is 0 Å². The van der Waals surface area contributed by atoms with Crippen LogP contribution >= 0.6 is 0 Å². The summed E-state index contributed by atoms with van der Waals surface area (Å²) in [5.41, 5.74) is 0.826. The van der Waals surface area contributed by atoms with Gasteiger partial charge >= 0.3 is 0 Å². The molecule has 4 rings (SSSR count). The molecule has 7 nitrogen and oxygen atoms in total. The highest BCUT2D eigenvalue weighted by molar-refractivity contribution is 5.78. The second kappa shape index (κ2) is 7.26. The summed E-state index contributed by atoms with van der Waals surface area (Å²) in [6.07, 6.45) is 4.77. The number of amides is 1. The van der Waals surface area contributed by atoms with Crippen LogP contribution in [0.5, 0.6) is 0 Å². The quantitative estimate of drug-likeness (QED) is 0.767. The van der Waals surface area contributed by atoms with Gasteiger partial charge in [0.15, 0.2) is 0 Å².